The van der Waals surface area contributed by atoms with E-state index in [1.807, 2.05) is 26.2 Å². The molecule has 2 atom stereocenters. The van der Waals surface area contributed by atoms with Crippen molar-refractivity contribution < 1.29 is 8.42 Å². The third-order valence-electron chi connectivity index (χ3n) is 3.80. The molecular weight excluding hydrogens is 274 g/mol. The molecule has 1 aliphatic heterocycles. The molecule has 5 nitrogen and oxygen atoms in total. The maximum absolute atomic E-state index is 11.7. The number of nitrogens with zero attached hydrogens (tertiary/aromatic N) is 3. The number of hydrogen-bond donors (Lipinski definition) is 0. The van der Waals surface area contributed by atoms with Gasteiger partial charge in [-0.15, -0.1) is 0 Å². The van der Waals surface area contributed by atoms with E-state index in [4.69, 9.17) is 0 Å². The summed E-state index contributed by atoms with van der Waals surface area (Å²) >= 11 is 0. The summed E-state index contributed by atoms with van der Waals surface area (Å²) in [6.45, 7) is 8.20. The first-order valence-electron chi connectivity index (χ1n) is 6.89. The zero-order valence-electron chi connectivity index (χ0n) is 12.6. The van der Waals surface area contributed by atoms with Gasteiger partial charge in [-0.2, -0.15) is 4.31 Å². The Hall–Kier alpha value is -0.980. The van der Waals surface area contributed by atoms with Crippen LogP contribution in [0.3, 0.4) is 0 Å². The lowest BCUT2D eigenvalue weighted by atomic mass is 10.1. The van der Waals surface area contributed by atoms with Gasteiger partial charge in [0.25, 0.3) is 0 Å². The van der Waals surface area contributed by atoms with Crippen molar-refractivity contribution in [1.82, 2.24) is 14.2 Å². The third kappa shape index (κ3) is 3.56. The normalized spacial score (nSPS) is 25.8. The second-order valence-corrected chi connectivity index (χ2v) is 7.77. The molecule has 0 aliphatic carbocycles. The summed E-state index contributed by atoms with van der Waals surface area (Å²) in [7, 11) is -3.12. The lowest BCUT2D eigenvalue weighted by molar-refractivity contribution is 0.0868. The summed E-state index contributed by atoms with van der Waals surface area (Å²) in [4.78, 5) is 6.54. The van der Waals surface area contributed by atoms with Crippen molar-refractivity contribution in [2.75, 3.05) is 19.3 Å². The average molecular weight is 297 g/mol. The lowest BCUT2D eigenvalue weighted by Crippen LogP contribution is -2.57. The topological polar surface area (TPSA) is 53.5 Å². The summed E-state index contributed by atoms with van der Waals surface area (Å²) in [6, 6.07) is 2.35. The lowest BCUT2D eigenvalue weighted by Gasteiger charge is -2.42. The van der Waals surface area contributed by atoms with E-state index in [0.29, 0.717) is 6.54 Å². The molecule has 1 aliphatic rings. The predicted octanol–water partition coefficient (Wildman–Crippen LogP) is 1.24. The van der Waals surface area contributed by atoms with E-state index in [9.17, 15) is 8.42 Å². The van der Waals surface area contributed by atoms with Gasteiger partial charge < -0.3 is 0 Å². The van der Waals surface area contributed by atoms with Crippen LogP contribution in [0.2, 0.25) is 0 Å². The molecule has 6 heteroatoms. The number of aryl methyl sites for hydroxylation is 1. The number of aromatic nitrogens is 1. The Balaban J connectivity index is 2.09. The highest BCUT2D eigenvalue weighted by Crippen LogP contribution is 2.20. The van der Waals surface area contributed by atoms with Crippen LogP contribution in [0.1, 0.15) is 25.0 Å². The molecule has 0 N–H and O–H groups in total. The van der Waals surface area contributed by atoms with Crippen molar-refractivity contribution in [3.63, 3.8) is 0 Å². The Kier molecular flexibility index (Phi) is 4.46. The van der Waals surface area contributed by atoms with Gasteiger partial charge in [-0.25, -0.2) is 8.42 Å². The molecule has 0 amide bonds. The number of pyridine rings is 1. The SMILES string of the molecule is Cc1cncc(CN2CC(C)N(S(C)(=O)=O)CC2C)c1. The minimum Gasteiger partial charge on any atom is -0.293 e. The van der Waals surface area contributed by atoms with Gasteiger partial charge in [0.1, 0.15) is 0 Å². The number of sulfonamides is 1. The molecule has 1 fully saturated rings. The highest BCUT2D eigenvalue weighted by Gasteiger charge is 2.33. The highest BCUT2D eigenvalue weighted by molar-refractivity contribution is 7.88. The van der Waals surface area contributed by atoms with E-state index in [0.717, 1.165) is 18.7 Å². The van der Waals surface area contributed by atoms with Crippen molar-refractivity contribution in [1.29, 1.82) is 0 Å². The standard InChI is InChI=1S/C14H23N3O2S/c1-11-5-14(7-15-6-11)10-16-8-13(3)17(9-12(16)2)20(4,18)19/h5-7,12-13H,8-10H2,1-4H3. The summed E-state index contributed by atoms with van der Waals surface area (Å²) in [5.74, 6) is 0. The molecule has 0 radical (unpaired) electrons. The minimum absolute atomic E-state index is 0.0129. The maximum Gasteiger partial charge on any atom is 0.211 e. The zero-order valence-corrected chi connectivity index (χ0v) is 13.4. The first-order chi connectivity index (χ1) is 9.27. The molecule has 2 heterocycles. The van der Waals surface area contributed by atoms with Crippen LogP contribution in [0.5, 0.6) is 0 Å². The van der Waals surface area contributed by atoms with Crippen molar-refractivity contribution in [2.24, 2.45) is 0 Å². The van der Waals surface area contributed by atoms with E-state index in [2.05, 4.69) is 22.9 Å². The first-order valence-corrected chi connectivity index (χ1v) is 8.73. The molecule has 0 bridgehead atoms. The number of piperazine rings is 1. The minimum atomic E-state index is -3.12. The van der Waals surface area contributed by atoms with E-state index >= 15 is 0 Å². The van der Waals surface area contributed by atoms with E-state index in [1.54, 1.807) is 4.31 Å². The highest BCUT2D eigenvalue weighted by atomic mass is 32.2. The van der Waals surface area contributed by atoms with Crippen molar-refractivity contribution in [3.05, 3.63) is 29.6 Å². The molecule has 2 unspecified atom stereocenters. The van der Waals surface area contributed by atoms with Crippen LogP contribution in [0.4, 0.5) is 0 Å². The fraction of sp³-hybridized carbons (Fsp3) is 0.643. The molecule has 1 aromatic heterocycles. The van der Waals surface area contributed by atoms with Gasteiger partial charge in [0.15, 0.2) is 0 Å². The number of hydrogen-bond acceptors (Lipinski definition) is 4. The third-order valence-corrected chi connectivity index (χ3v) is 5.16. The molecule has 1 aromatic rings. The monoisotopic (exact) mass is 297 g/mol. The molecule has 20 heavy (non-hydrogen) atoms. The Morgan fingerprint density at radius 1 is 1.25 bits per heavy atom. The fourth-order valence-electron chi connectivity index (χ4n) is 2.79. The Bertz CT molecular complexity index is 574. The van der Waals surface area contributed by atoms with Gasteiger partial charge in [-0.1, -0.05) is 6.07 Å². The van der Waals surface area contributed by atoms with E-state index < -0.39 is 10.0 Å². The number of rotatable bonds is 3. The van der Waals surface area contributed by atoms with Crippen LogP contribution >= 0.6 is 0 Å². The van der Waals surface area contributed by atoms with Crippen LogP contribution in [0.25, 0.3) is 0 Å². The summed E-state index contributed by atoms with van der Waals surface area (Å²) in [5.41, 5.74) is 2.33. The molecular formula is C14H23N3O2S. The maximum atomic E-state index is 11.7. The summed E-state index contributed by atoms with van der Waals surface area (Å²) in [6.07, 6.45) is 5.01. The van der Waals surface area contributed by atoms with Gasteiger partial charge in [0.05, 0.1) is 6.26 Å². The van der Waals surface area contributed by atoms with Gasteiger partial charge in [0, 0.05) is 44.1 Å². The Morgan fingerprint density at radius 3 is 2.55 bits per heavy atom. The van der Waals surface area contributed by atoms with Crippen LogP contribution in [0, 0.1) is 6.92 Å². The summed E-state index contributed by atoms with van der Waals surface area (Å²) in [5, 5.41) is 0. The predicted molar refractivity (Wildman–Crippen MR) is 79.9 cm³/mol. The van der Waals surface area contributed by atoms with Gasteiger partial charge in [0.2, 0.25) is 10.0 Å². The molecule has 1 saturated heterocycles. The molecule has 2 rings (SSSR count). The Morgan fingerprint density at radius 2 is 1.95 bits per heavy atom. The van der Waals surface area contributed by atoms with Gasteiger partial charge in [-0.3, -0.25) is 9.88 Å². The van der Waals surface area contributed by atoms with Crippen LogP contribution in [-0.4, -0.2) is 54.0 Å². The quantitative estimate of drug-likeness (QED) is 0.842. The molecule has 0 saturated carbocycles. The van der Waals surface area contributed by atoms with Crippen LogP contribution in [0.15, 0.2) is 18.5 Å². The largest absolute Gasteiger partial charge is 0.293 e. The molecule has 0 spiro atoms. The van der Waals surface area contributed by atoms with E-state index in [1.165, 1.54) is 11.8 Å². The molecule has 112 valence electrons. The smallest absolute Gasteiger partial charge is 0.211 e. The van der Waals surface area contributed by atoms with Crippen molar-refractivity contribution in [3.8, 4) is 0 Å². The van der Waals surface area contributed by atoms with Crippen LogP contribution in [-0.2, 0) is 16.6 Å². The molecule has 0 aromatic carbocycles. The van der Waals surface area contributed by atoms with Gasteiger partial charge in [-0.05, 0) is 31.9 Å². The second-order valence-electron chi connectivity index (χ2n) is 5.83. The van der Waals surface area contributed by atoms with E-state index in [-0.39, 0.29) is 12.1 Å². The zero-order chi connectivity index (χ0) is 14.9. The summed E-state index contributed by atoms with van der Waals surface area (Å²) < 4.78 is 25.1. The van der Waals surface area contributed by atoms with Crippen molar-refractivity contribution >= 4 is 10.0 Å². The van der Waals surface area contributed by atoms with Gasteiger partial charge >= 0.3 is 0 Å². The van der Waals surface area contributed by atoms with Crippen molar-refractivity contribution in [2.45, 2.75) is 39.4 Å². The Labute approximate surface area is 121 Å². The van der Waals surface area contributed by atoms with Crippen LogP contribution < -0.4 is 0 Å². The average Bonchev–Trinajstić information content (AvgIpc) is 2.32. The fourth-order valence-corrected chi connectivity index (χ4v) is 3.99. The first kappa shape index (κ1) is 15.4. The second kappa shape index (κ2) is 5.79.